The molecule has 0 saturated heterocycles. The highest BCUT2D eigenvalue weighted by Crippen LogP contribution is 2.41. The summed E-state index contributed by atoms with van der Waals surface area (Å²) in [6, 6.07) is 21.8. The van der Waals surface area contributed by atoms with Crippen LogP contribution in [0.3, 0.4) is 0 Å². The van der Waals surface area contributed by atoms with E-state index in [9.17, 15) is 14.4 Å². The molecule has 0 radical (unpaired) electrons. The number of pyridine rings is 1. The summed E-state index contributed by atoms with van der Waals surface area (Å²) in [5.41, 5.74) is 2.52. The van der Waals surface area contributed by atoms with Gasteiger partial charge in [0, 0.05) is 12.1 Å². The van der Waals surface area contributed by atoms with E-state index in [1.165, 1.54) is 0 Å². The van der Waals surface area contributed by atoms with Crippen molar-refractivity contribution in [2.45, 2.75) is 26.0 Å². The van der Waals surface area contributed by atoms with Crippen molar-refractivity contribution >= 4 is 29.3 Å². The van der Waals surface area contributed by atoms with E-state index in [1.807, 2.05) is 67.6 Å². The van der Waals surface area contributed by atoms with E-state index in [1.54, 1.807) is 18.3 Å². The number of hydrogen-bond donors (Lipinski definition) is 1. The average molecular weight is 477 g/mol. The predicted octanol–water partition coefficient (Wildman–Crippen LogP) is 4.33. The molecule has 1 unspecified atom stereocenters. The van der Waals surface area contributed by atoms with Crippen molar-refractivity contribution in [3.8, 4) is 0 Å². The van der Waals surface area contributed by atoms with Crippen LogP contribution in [0, 0.1) is 17.8 Å². The second kappa shape index (κ2) is 10.6. The fraction of sp³-hybridized carbons (Fsp3) is 0.259. The third-order valence-electron chi connectivity index (χ3n) is 6.15. The molecular formula is C27H25ClN2O4. The number of carbonyl (C=O) groups is 3. The maximum Gasteiger partial charge on any atom is 0.311 e. The van der Waals surface area contributed by atoms with Crippen LogP contribution < -0.4 is 5.32 Å². The first-order valence-electron chi connectivity index (χ1n) is 11.1. The standard InChI is InChI=1S/C27H25ClN2O4/c1-17(20-10-6-3-7-11-20)30-26(32)24-23(27(33)34-16-18-8-4-2-5-9-18)21(25(24)31)14-19-12-13-29-22(28)15-19/h2-13,15,17,21,23-24H,14,16H2,1H3,(H,30,32)/t17-,21-,23-,24?/m1/s1. The maximum absolute atomic E-state index is 13.1. The molecule has 1 aliphatic rings. The number of ketones is 1. The third-order valence-corrected chi connectivity index (χ3v) is 6.35. The summed E-state index contributed by atoms with van der Waals surface area (Å²) >= 11 is 5.99. The van der Waals surface area contributed by atoms with Gasteiger partial charge < -0.3 is 10.1 Å². The molecule has 1 heterocycles. The third kappa shape index (κ3) is 5.34. The maximum atomic E-state index is 13.1. The summed E-state index contributed by atoms with van der Waals surface area (Å²) in [6.07, 6.45) is 1.83. The van der Waals surface area contributed by atoms with Gasteiger partial charge in [-0.15, -0.1) is 0 Å². The van der Waals surface area contributed by atoms with Crippen molar-refractivity contribution in [3.63, 3.8) is 0 Å². The van der Waals surface area contributed by atoms with E-state index < -0.39 is 29.6 Å². The number of esters is 1. The SMILES string of the molecule is C[C@@H](NC(=O)C1C(=O)[C@H](Cc2ccnc(Cl)c2)[C@H]1C(=O)OCc1ccccc1)c1ccccc1. The molecule has 0 spiro atoms. The molecule has 4 rings (SSSR count). The summed E-state index contributed by atoms with van der Waals surface area (Å²) in [5, 5.41) is 3.19. The van der Waals surface area contributed by atoms with Gasteiger partial charge in [0.2, 0.25) is 5.91 Å². The van der Waals surface area contributed by atoms with Crippen LogP contribution in [0.4, 0.5) is 0 Å². The van der Waals surface area contributed by atoms with Gasteiger partial charge in [0.1, 0.15) is 17.7 Å². The molecule has 1 fully saturated rings. The molecule has 2 aromatic carbocycles. The number of ether oxygens (including phenoxy) is 1. The van der Waals surface area contributed by atoms with Crippen LogP contribution in [-0.2, 0) is 32.1 Å². The van der Waals surface area contributed by atoms with Gasteiger partial charge in [-0.3, -0.25) is 14.4 Å². The topological polar surface area (TPSA) is 85.4 Å². The lowest BCUT2D eigenvalue weighted by molar-refractivity contribution is -0.171. The van der Waals surface area contributed by atoms with E-state index in [2.05, 4.69) is 10.3 Å². The Morgan fingerprint density at radius 3 is 2.38 bits per heavy atom. The van der Waals surface area contributed by atoms with Crippen LogP contribution in [-0.4, -0.2) is 22.6 Å². The fourth-order valence-electron chi connectivity index (χ4n) is 4.30. The van der Waals surface area contributed by atoms with Crippen LogP contribution in [0.2, 0.25) is 5.15 Å². The van der Waals surface area contributed by atoms with Crippen LogP contribution in [0.1, 0.15) is 29.7 Å². The Bertz CT molecular complexity index is 1170. The van der Waals surface area contributed by atoms with Crippen molar-refractivity contribution in [2.75, 3.05) is 0 Å². The first kappa shape index (κ1) is 23.6. The molecule has 6 nitrogen and oxygen atoms in total. The second-order valence-electron chi connectivity index (χ2n) is 8.44. The Hall–Kier alpha value is -3.51. The van der Waals surface area contributed by atoms with E-state index in [0.717, 1.165) is 16.7 Å². The van der Waals surface area contributed by atoms with Gasteiger partial charge in [0.15, 0.2) is 5.78 Å². The monoisotopic (exact) mass is 476 g/mol. The van der Waals surface area contributed by atoms with Gasteiger partial charge in [-0.25, -0.2) is 4.98 Å². The largest absolute Gasteiger partial charge is 0.461 e. The molecule has 1 aromatic heterocycles. The molecule has 4 atom stereocenters. The minimum Gasteiger partial charge on any atom is -0.461 e. The number of amides is 1. The van der Waals surface area contributed by atoms with Crippen LogP contribution in [0.5, 0.6) is 0 Å². The Labute approximate surface area is 203 Å². The lowest BCUT2D eigenvalue weighted by atomic mass is 9.61. The van der Waals surface area contributed by atoms with Crippen molar-refractivity contribution in [2.24, 2.45) is 17.8 Å². The number of carbonyl (C=O) groups excluding carboxylic acids is 3. The molecule has 3 aromatic rings. The molecule has 7 heteroatoms. The number of hydrogen-bond acceptors (Lipinski definition) is 5. The summed E-state index contributed by atoms with van der Waals surface area (Å²) in [5.74, 6) is -3.91. The number of nitrogens with zero attached hydrogens (tertiary/aromatic N) is 1. The lowest BCUT2D eigenvalue weighted by Gasteiger charge is -2.40. The molecule has 0 bridgehead atoms. The average Bonchev–Trinajstić information content (AvgIpc) is 2.85. The van der Waals surface area contributed by atoms with Gasteiger partial charge in [-0.05, 0) is 42.2 Å². The second-order valence-corrected chi connectivity index (χ2v) is 8.82. The zero-order valence-electron chi connectivity index (χ0n) is 18.7. The Morgan fingerprint density at radius 1 is 1.03 bits per heavy atom. The fourth-order valence-corrected chi connectivity index (χ4v) is 4.49. The van der Waals surface area contributed by atoms with E-state index in [-0.39, 0.29) is 24.9 Å². The summed E-state index contributed by atoms with van der Waals surface area (Å²) in [6.45, 7) is 1.92. The number of nitrogens with one attached hydrogen (secondary N) is 1. The van der Waals surface area contributed by atoms with Gasteiger partial charge >= 0.3 is 5.97 Å². The van der Waals surface area contributed by atoms with Crippen LogP contribution >= 0.6 is 11.6 Å². The smallest absolute Gasteiger partial charge is 0.311 e. The minimum absolute atomic E-state index is 0.0763. The number of Topliss-reactive ketones (excluding diaryl/α,β-unsaturated/α-hetero) is 1. The van der Waals surface area contributed by atoms with E-state index in [4.69, 9.17) is 16.3 Å². The van der Waals surface area contributed by atoms with Gasteiger partial charge in [-0.2, -0.15) is 0 Å². The highest BCUT2D eigenvalue weighted by molar-refractivity contribution is 6.29. The number of aromatic nitrogens is 1. The lowest BCUT2D eigenvalue weighted by Crippen LogP contribution is -2.58. The normalized spacial score (nSPS) is 20.2. The van der Waals surface area contributed by atoms with Crippen molar-refractivity contribution in [1.29, 1.82) is 0 Å². The molecule has 34 heavy (non-hydrogen) atoms. The zero-order valence-corrected chi connectivity index (χ0v) is 19.4. The molecular weight excluding hydrogens is 452 g/mol. The Kier molecular flexibility index (Phi) is 7.38. The van der Waals surface area contributed by atoms with Crippen LogP contribution in [0.25, 0.3) is 0 Å². The molecule has 1 aliphatic carbocycles. The van der Waals surface area contributed by atoms with Crippen molar-refractivity contribution in [3.05, 3.63) is 101 Å². The highest BCUT2D eigenvalue weighted by Gasteiger charge is 2.57. The minimum atomic E-state index is -1.09. The highest BCUT2D eigenvalue weighted by atomic mass is 35.5. The number of rotatable bonds is 8. The quantitative estimate of drug-likeness (QED) is 0.297. The van der Waals surface area contributed by atoms with Gasteiger partial charge in [0.25, 0.3) is 0 Å². The van der Waals surface area contributed by atoms with Crippen LogP contribution in [0.15, 0.2) is 79.0 Å². The summed E-state index contributed by atoms with van der Waals surface area (Å²) in [7, 11) is 0. The molecule has 1 N–H and O–H groups in total. The first-order chi connectivity index (χ1) is 16.4. The van der Waals surface area contributed by atoms with Gasteiger partial charge in [-0.1, -0.05) is 72.3 Å². The van der Waals surface area contributed by atoms with Crippen molar-refractivity contribution in [1.82, 2.24) is 10.3 Å². The molecule has 174 valence electrons. The van der Waals surface area contributed by atoms with E-state index in [0.29, 0.717) is 5.15 Å². The molecule has 1 amide bonds. The first-order valence-corrected chi connectivity index (χ1v) is 11.5. The van der Waals surface area contributed by atoms with Gasteiger partial charge in [0.05, 0.1) is 12.0 Å². The van der Waals surface area contributed by atoms with Crippen molar-refractivity contribution < 1.29 is 19.1 Å². The summed E-state index contributed by atoms with van der Waals surface area (Å²) < 4.78 is 5.53. The predicted molar refractivity (Wildman–Crippen MR) is 128 cm³/mol. The Balaban J connectivity index is 1.50. The Morgan fingerprint density at radius 2 is 1.71 bits per heavy atom. The number of halogens is 1. The molecule has 0 aliphatic heterocycles. The molecule has 1 saturated carbocycles. The van der Waals surface area contributed by atoms with E-state index >= 15 is 0 Å². The zero-order chi connectivity index (χ0) is 24.1. The number of benzene rings is 2. The summed E-state index contributed by atoms with van der Waals surface area (Å²) in [4.78, 5) is 43.2.